The molecule has 0 atom stereocenters. The standard InChI is InChI=1S/C12H18N2O3.C10H16N2O4.2C10H14N2O3.C7H12N2O2.C4H8O.C3H5ClO2.C3H7NO/c1-4-5-11-12(15)8-10(9-17-3)14(13-11)6-7-16-2;1-8(12-11-4-5-15-2)10(14)6-9(13)7-16-3;1-8-10(13)6-9(7-15-3)12(11-8)4-5-14-2;1-2-3-9-10(15)6-8(7-14)12(11-9)4-5-13;1-6(7(2)10)9-8-4-5-11-3;1-3-4(2)5;1-6-2-3(4)5;1-5-3-2-4/h6-8H,4-5,9H2,1-3H3;4-5,11H,6-7H2,1-3H3;4-6H,7H2,1-3H3;4-6,13-14H,2-3,7H2,1H3;4-5,8H,1-3H3;3H2,1-2H3;2H2,1H3;2-3H,4H2,1H3/b7-6-;5-4-,12-8-;2*5-4-;5-4-,9-6-;;;3-2-. The van der Waals surface area contributed by atoms with Crippen LogP contribution in [0.5, 0.6) is 0 Å². The Kier molecular flexibility index (Phi) is 61.6. The van der Waals surface area contributed by atoms with Crippen LogP contribution in [0, 0.1) is 6.92 Å². The Bertz CT molecular complexity index is 2920. The van der Waals surface area contributed by atoms with Crippen molar-refractivity contribution < 1.29 is 76.8 Å². The van der Waals surface area contributed by atoms with Crippen molar-refractivity contribution in [2.75, 3.05) is 77.2 Å². The largest absolute Gasteiger partial charge is 0.514 e. The molecule has 0 aliphatic heterocycles. The summed E-state index contributed by atoms with van der Waals surface area (Å²) in [6.07, 6.45) is 20.3. The van der Waals surface area contributed by atoms with Gasteiger partial charge in [-0.15, -0.1) is 0 Å². The summed E-state index contributed by atoms with van der Waals surface area (Å²) in [5.74, 6) is -0.400. The van der Waals surface area contributed by atoms with Crippen LogP contribution in [0.3, 0.4) is 0 Å². The van der Waals surface area contributed by atoms with Crippen molar-refractivity contribution in [1.82, 2.24) is 40.2 Å². The van der Waals surface area contributed by atoms with Gasteiger partial charge in [0.05, 0.1) is 122 Å². The summed E-state index contributed by atoms with van der Waals surface area (Å²) in [6, 6.07) is 4.39. The van der Waals surface area contributed by atoms with E-state index in [9.17, 15) is 38.4 Å². The van der Waals surface area contributed by atoms with E-state index in [0.717, 1.165) is 19.1 Å². The Morgan fingerprint density at radius 3 is 1.34 bits per heavy atom. The molecule has 3 aromatic rings. The van der Waals surface area contributed by atoms with Gasteiger partial charge in [-0.25, -0.2) is 14.0 Å². The Morgan fingerprint density at radius 1 is 0.600 bits per heavy atom. The number of aromatic nitrogens is 6. The van der Waals surface area contributed by atoms with E-state index in [1.807, 2.05) is 20.8 Å². The maximum Gasteiger partial charge on any atom is 0.247 e. The molecule has 0 fully saturated rings. The van der Waals surface area contributed by atoms with Crippen molar-refractivity contribution in [3.63, 3.8) is 0 Å². The van der Waals surface area contributed by atoms with Crippen molar-refractivity contribution >= 4 is 70.0 Å². The summed E-state index contributed by atoms with van der Waals surface area (Å²) in [4.78, 5) is 87.1. The lowest BCUT2D eigenvalue weighted by Gasteiger charge is -2.09. The zero-order valence-corrected chi connectivity index (χ0v) is 55.6. The molecule has 0 radical (unpaired) electrons. The number of nitrogens with zero attached hydrogens (tertiary/aromatic N) is 8. The number of rotatable bonds is 30. The molecule has 0 saturated heterocycles. The monoisotopic (exact) mass is 1300 g/mol. The van der Waals surface area contributed by atoms with Gasteiger partial charge < -0.3 is 63.4 Å². The number of Topliss-reactive ketones (excluding diaryl/α,β-unsaturated/α-hetero) is 4. The van der Waals surface area contributed by atoms with Crippen molar-refractivity contribution in [2.45, 2.75) is 114 Å². The third-order valence-corrected chi connectivity index (χ3v) is 9.70. The third-order valence-electron chi connectivity index (χ3n) is 9.59. The molecule has 3 aromatic heterocycles. The number of aryl methyl sites for hydroxylation is 3. The number of nitrogens with two attached hydrogens (primary N) is 1. The van der Waals surface area contributed by atoms with Gasteiger partial charge in [0, 0.05) is 66.2 Å². The lowest BCUT2D eigenvalue weighted by atomic mass is 10.1. The molecular formula is C59H94ClN11O19. The number of halogens is 1. The van der Waals surface area contributed by atoms with E-state index in [1.165, 1.54) is 115 Å². The highest BCUT2D eigenvalue weighted by Gasteiger charge is 2.12. The highest BCUT2D eigenvalue weighted by molar-refractivity contribution is 6.63. The second-order valence-electron chi connectivity index (χ2n) is 16.9. The fourth-order valence-electron chi connectivity index (χ4n) is 5.14. The topological polar surface area (TPSA) is 388 Å². The van der Waals surface area contributed by atoms with Crippen LogP contribution in [0.25, 0.3) is 18.6 Å². The van der Waals surface area contributed by atoms with Crippen LogP contribution in [0.15, 0.2) is 99.0 Å². The quantitative estimate of drug-likeness (QED) is 0.0188. The molecule has 0 saturated carbocycles. The Labute approximate surface area is 531 Å². The van der Waals surface area contributed by atoms with Crippen LogP contribution in [0.2, 0.25) is 0 Å². The fraction of sp³-hybridized carbons (Fsp3) is 0.475. The number of ketones is 4. The van der Waals surface area contributed by atoms with E-state index in [4.69, 9.17) is 46.5 Å². The summed E-state index contributed by atoms with van der Waals surface area (Å²) in [5.41, 5.74) is 13.4. The minimum absolute atomic E-state index is 0.00154. The van der Waals surface area contributed by atoms with Gasteiger partial charge >= 0.3 is 0 Å². The molecule has 0 aliphatic carbocycles. The van der Waals surface area contributed by atoms with Crippen molar-refractivity contribution in [1.29, 1.82) is 0 Å². The number of carbonyl (C=O) groups is 5. The minimum atomic E-state index is -0.461. The Hall–Kier alpha value is -8.94. The smallest absolute Gasteiger partial charge is 0.247 e. The number of aliphatic hydroxyl groups excluding tert-OH is 2. The molecule has 506 valence electrons. The molecule has 31 heteroatoms. The third kappa shape index (κ3) is 50.1. The van der Waals surface area contributed by atoms with Crippen molar-refractivity contribution in [3.05, 3.63) is 139 Å². The second kappa shape index (κ2) is 61.7. The number of hydrazone groups is 2. The number of ether oxygens (including phenoxy) is 9. The summed E-state index contributed by atoms with van der Waals surface area (Å²) in [7, 11) is 13.6. The molecule has 0 aliphatic rings. The van der Waals surface area contributed by atoms with Gasteiger partial charge in [0.15, 0.2) is 17.3 Å². The molecule has 3 heterocycles. The number of aliphatic hydroxyl groups is 2. The molecule has 3 rings (SSSR count). The SMILES string of the molecule is CCC(C)=O.CCCc1nn(/C=C\O)c(CO)cc1=O.CCCc1nn(/C=C\OC)c(COC)cc1=O.CO/C=C\N.CO/C=C\N/N=C(/C)C(=O)CC(=O)COC.CO/C=C\N/N=C(/C)C(C)=O.CO/C=C\n1nc(C)c(=O)cc1COC.COCC(=O)Cl. The van der Waals surface area contributed by atoms with E-state index in [-0.39, 0.29) is 71.4 Å². The van der Waals surface area contributed by atoms with Gasteiger partial charge in [-0.1, -0.05) is 33.6 Å². The predicted octanol–water partition coefficient (Wildman–Crippen LogP) is 5.21. The Balaban J connectivity index is -0.000000316. The molecule has 0 spiro atoms. The lowest BCUT2D eigenvalue weighted by molar-refractivity contribution is -0.126. The van der Waals surface area contributed by atoms with E-state index < -0.39 is 5.24 Å². The molecule has 0 aromatic carbocycles. The van der Waals surface area contributed by atoms with E-state index >= 15 is 0 Å². The van der Waals surface area contributed by atoms with Gasteiger partial charge in [0.25, 0.3) is 0 Å². The van der Waals surface area contributed by atoms with Crippen molar-refractivity contribution in [3.8, 4) is 0 Å². The number of hydrogen-bond donors (Lipinski definition) is 5. The first-order chi connectivity index (χ1) is 42.9. The summed E-state index contributed by atoms with van der Waals surface area (Å²) >= 11 is 4.81. The number of nitrogens with one attached hydrogen (secondary N) is 2. The lowest BCUT2D eigenvalue weighted by Crippen LogP contribution is -2.19. The van der Waals surface area contributed by atoms with Crippen LogP contribution in [-0.4, -0.2) is 157 Å². The average Bonchev–Trinajstić information content (AvgIpc) is 1.45. The first-order valence-electron chi connectivity index (χ1n) is 27.1. The molecule has 6 N–H and O–H groups in total. The van der Waals surface area contributed by atoms with Crippen molar-refractivity contribution in [2.24, 2.45) is 15.9 Å². The van der Waals surface area contributed by atoms with Gasteiger partial charge in [-0.3, -0.25) is 44.4 Å². The zero-order chi connectivity index (χ0) is 69.7. The average molecular weight is 1300 g/mol. The highest BCUT2D eigenvalue weighted by Crippen LogP contribution is 2.03. The number of carbonyl (C=O) groups excluding carboxylic acids is 5. The molecule has 0 amide bonds. The van der Waals surface area contributed by atoms with E-state index in [1.54, 1.807) is 84.2 Å². The van der Waals surface area contributed by atoms with Gasteiger partial charge in [0.1, 0.15) is 72.6 Å². The summed E-state index contributed by atoms with van der Waals surface area (Å²) in [5, 5.41) is 37.0. The van der Waals surface area contributed by atoms with Gasteiger partial charge in [0.2, 0.25) is 21.5 Å². The van der Waals surface area contributed by atoms with Crippen LogP contribution >= 0.6 is 11.6 Å². The summed E-state index contributed by atoms with van der Waals surface area (Å²) < 4.78 is 46.6. The fourth-order valence-corrected chi connectivity index (χ4v) is 5.25. The Morgan fingerprint density at radius 2 is 1.01 bits per heavy atom. The van der Waals surface area contributed by atoms with Crippen LogP contribution in [0.1, 0.15) is 108 Å². The molecule has 0 bridgehead atoms. The first kappa shape index (κ1) is 89.8. The maximum atomic E-state index is 11.7. The molecule has 0 unspecified atom stereocenters. The normalized spacial score (nSPS) is 10.7. The minimum Gasteiger partial charge on any atom is -0.514 e. The van der Waals surface area contributed by atoms with Crippen LogP contribution < -0.4 is 32.9 Å². The highest BCUT2D eigenvalue weighted by atomic mass is 35.5. The van der Waals surface area contributed by atoms with Crippen LogP contribution in [0.4, 0.5) is 0 Å². The second-order valence-corrected chi connectivity index (χ2v) is 17.4. The van der Waals surface area contributed by atoms with E-state index in [0.29, 0.717) is 72.4 Å². The number of hydrogen-bond acceptors (Lipinski definition) is 27. The maximum absolute atomic E-state index is 11.7. The van der Waals surface area contributed by atoms with Gasteiger partial charge in [-0.05, 0) is 52.1 Å². The van der Waals surface area contributed by atoms with Gasteiger partial charge in [-0.2, -0.15) is 25.5 Å². The zero-order valence-electron chi connectivity index (χ0n) is 54.8. The molecular weight excluding hydrogens is 1200 g/mol. The van der Waals surface area contributed by atoms with Crippen LogP contribution in [-0.2, 0) is 99.3 Å². The summed E-state index contributed by atoms with van der Waals surface area (Å²) in [6.45, 7) is 14.0. The molecule has 30 nitrogen and oxygen atoms in total. The van der Waals surface area contributed by atoms with E-state index in [2.05, 4.69) is 60.0 Å². The first-order valence-corrected chi connectivity index (χ1v) is 27.4. The predicted molar refractivity (Wildman–Crippen MR) is 344 cm³/mol. The molecule has 90 heavy (non-hydrogen) atoms. The number of methoxy groups -OCH3 is 9.